The Balaban J connectivity index is 1.48. The molecule has 2 heterocycles. The number of hydrogen-bond acceptors (Lipinski definition) is 2. The molecular formula is C22H21FN2O2. The van der Waals surface area contributed by atoms with Crippen molar-refractivity contribution >= 4 is 22.6 Å². The normalized spacial score (nSPS) is 15.3. The summed E-state index contributed by atoms with van der Waals surface area (Å²) in [4.78, 5) is 30.5. The zero-order valence-electron chi connectivity index (χ0n) is 15.2. The third-order valence-electron chi connectivity index (χ3n) is 5.44. The molecule has 1 fully saturated rings. The fourth-order valence-electron chi connectivity index (χ4n) is 3.97. The third kappa shape index (κ3) is 3.25. The first-order chi connectivity index (χ1) is 13.0. The highest BCUT2D eigenvalue weighted by Crippen LogP contribution is 2.29. The van der Waals surface area contributed by atoms with Crippen molar-refractivity contribution in [3.05, 3.63) is 71.2 Å². The zero-order chi connectivity index (χ0) is 19.0. The van der Waals surface area contributed by atoms with Crippen molar-refractivity contribution in [2.24, 2.45) is 0 Å². The lowest BCUT2D eigenvalue weighted by molar-refractivity contribution is -0.127. The number of Topliss-reactive ketones (excluding diaryl/α,β-unsaturated/α-hetero) is 1. The Kier molecular flexibility index (Phi) is 4.52. The number of ketones is 1. The third-order valence-corrected chi connectivity index (χ3v) is 5.44. The summed E-state index contributed by atoms with van der Waals surface area (Å²) in [5.74, 6) is -0.851. The Bertz CT molecular complexity index is 999. The maximum atomic E-state index is 13.1. The molecule has 1 aliphatic rings. The van der Waals surface area contributed by atoms with E-state index in [1.54, 1.807) is 17.0 Å². The number of piperidine rings is 1. The van der Waals surface area contributed by atoms with E-state index in [1.807, 2.05) is 31.2 Å². The highest BCUT2D eigenvalue weighted by Gasteiger charge is 2.30. The standard InChI is InChI=1S/C22H21FN2O2/c1-14-20(18-4-2-3-5-19(18)24-14)21(26)22(27)25-12-10-16(11-13-25)15-6-8-17(23)9-7-15/h2-9,16,24H,10-13H2,1H3. The molecule has 4 nitrogen and oxygen atoms in total. The molecule has 1 aromatic heterocycles. The number of aromatic amines is 1. The number of carbonyl (C=O) groups excluding carboxylic acids is 2. The molecule has 1 saturated heterocycles. The molecule has 27 heavy (non-hydrogen) atoms. The molecule has 1 amide bonds. The van der Waals surface area contributed by atoms with Crippen LogP contribution in [0.3, 0.4) is 0 Å². The zero-order valence-corrected chi connectivity index (χ0v) is 15.2. The molecule has 1 N–H and O–H groups in total. The highest BCUT2D eigenvalue weighted by atomic mass is 19.1. The lowest BCUT2D eigenvalue weighted by atomic mass is 9.89. The van der Waals surface area contributed by atoms with Gasteiger partial charge in [-0.25, -0.2) is 4.39 Å². The maximum absolute atomic E-state index is 13.1. The van der Waals surface area contributed by atoms with Gasteiger partial charge in [-0.2, -0.15) is 0 Å². The first kappa shape index (κ1) is 17.5. The predicted octanol–water partition coefficient (Wildman–Crippen LogP) is 4.20. The number of hydrogen-bond donors (Lipinski definition) is 1. The topological polar surface area (TPSA) is 53.2 Å². The van der Waals surface area contributed by atoms with E-state index in [2.05, 4.69) is 4.98 Å². The van der Waals surface area contributed by atoms with Crippen molar-refractivity contribution in [1.82, 2.24) is 9.88 Å². The Hall–Kier alpha value is -2.95. The Morgan fingerprint density at radius 1 is 1.04 bits per heavy atom. The van der Waals surface area contributed by atoms with Crippen LogP contribution < -0.4 is 0 Å². The van der Waals surface area contributed by atoms with Gasteiger partial charge in [0.1, 0.15) is 5.82 Å². The van der Waals surface area contributed by atoms with Gasteiger partial charge in [0.05, 0.1) is 5.56 Å². The largest absolute Gasteiger partial charge is 0.358 e. The minimum atomic E-state index is -0.454. The summed E-state index contributed by atoms with van der Waals surface area (Å²) in [6.07, 6.45) is 1.55. The van der Waals surface area contributed by atoms with Gasteiger partial charge in [-0.3, -0.25) is 9.59 Å². The molecule has 0 atom stereocenters. The SMILES string of the molecule is Cc1[nH]c2ccccc2c1C(=O)C(=O)N1CCC(c2ccc(F)cc2)CC1. The number of amides is 1. The number of H-pyrrole nitrogens is 1. The second kappa shape index (κ2) is 6.99. The van der Waals surface area contributed by atoms with Gasteiger partial charge in [0, 0.05) is 29.7 Å². The molecule has 5 heteroatoms. The second-order valence-corrected chi connectivity index (χ2v) is 7.12. The van der Waals surface area contributed by atoms with Gasteiger partial charge in [0.25, 0.3) is 11.7 Å². The number of aryl methyl sites for hydroxylation is 1. The lowest BCUT2D eigenvalue weighted by Gasteiger charge is -2.31. The smallest absolute Gasteiger partial charge is 0.295 e. The predicted molar refractivity (Wildman–Crippen MR) is 102 cm³/mol. The van der Waals surface area contributed by atoms with E-state index in [4.69, 9.17) is 0 Å². The molecular weight excluding hydrogens is 343 g/mol. The summed E-state index contributed by atoms with van der Waals surface area (Å²) in [6.45, 7) is 2.89. The van der Waals surface area contributed by atoms with Gasteiger partial charge < -0.3 is 9.88 Å². The maximum Gasteiger partial charge on any atom is 0.295 e. The molecule has 0 bridgehead atoms. The average molecular weight is 364 g/mol. The van der Waals surface area contributed by atoms with Crippen molar-refractivity contribution in [3.8, 4) is 0 Å². The molecule has 0 spiro atoms. The minimum Gasteiger partial charge on any atom is -0.358 e. The number of rotatable bonds is 3. The van der Waals surface area contributed by atoms with Crippen LogP contribution in [0.4, 0.5) is 4.39 Å². The number of aromatic nitrogens is 1. The van der Waals surface area contributed by atoms with Crippen molar-refractivity contribution in [3.63, 3.8) is 0 Å². The van der Waals surface area contributed by atoms with Crippen molar-refractivity contribution in [2.75, 3.05) is 13.1 Å². The number of benzene rings is 2. The van der Waals surface area contributed by atoms with Crippen LogP contribution in [-0.2, 0) is 4.79 Å². The second-order valence-electron chi connectivity index (χ2n) is 7.12. The van der Waals surface area contributed by atoms with Crippen LogP contribution >= 0.6 is 0 Å². The molecule has 0 unspecified atom stereocenters. The van der Waals surface area contributed by atoms with Gasteiger partial charge in [0.15, 0.2) is 0 Å². The van der Waals surface area contributed by atoms with Crippen molar-refractivity contribution in [2.45, 2.75) is 25.7 Å². The van der Waals surface area contributed by atoms with Crippen molar-refractivity contribution in [1.29, 1.82) is 0 Å². The molecule has 0 saturated carbocycles. The summed E-state index contributed by atoms with van der Waals surface area (Å²) in [5.41, 5.74) is 3.13. The molecule has 2 aromatic carbocycles. The van der Waals surface area contributed by atoms with E-state index in [1.165, 1.54) is 12.1 Å². The molecule has 3 aromatic rings. The summed E-state index contributed by atoms with van der Waals surface area (Å²) >= 11 is 0. The van der Waals surface area contributed by atoms with Gasteiger partial charge >= 0.3 is 0 Å². The monoisotopic (exact) mass is 364 g/mol. The van der Waals surface area contributed by atoms with Gasteiger partial charge in [0.2, 0.25) is 0 Å². The van der Waals surface area contributed by atoms with E-state index >= 15 is 0 Å². The van der Waals surface area contributed by atoms with Crippen molar-refractivity contribution < 1.29 is 14.0 Å². The van der Waals surface area contributed by atoms with Crippen LogP contribution in [0.1, 0.15) is 40.4 Å². The fraction of sp³-hybridized carbons (Fsp3) is 0.273. The lowest BCUT2D eigenvalue weighted by Crippen LogP contribution is -2.41. The van der Waals surface area contributed by atoms with E-state index < -0.39 is 11.7 Å². The average Bonchev–Trinajstić information content (AvgIpc) is 3.03. The number of fused-ring (bicyclic) bond motifs is 1. The van der Waals surface area contributed by atoms with E-state index in [0.29, 0.717) is 24.6 Å². The summed E-state index contributed by atoms with van der Waals surface area (Å²) in [7, 11) is 0. The molecule has 4 rings (SSSR count). The van der Waals surface area contributed by atoms with Gasteiger partial charge in [-0.1, -0.05) is 30.3 Å². The van der Waals surface area contributed by atoms with Crippen LogP contribution in [0.5, 0.6) is 0 Å². The Labute approximate surface area is 157 Å². The molecule has 0 radical (unpaired) electrons. The summed E-state index contributed by atoms with van der Waals surface area (Å²) < 4.78 is 13.1. The van der Waals surface area contributed by atoms with E-state index in [9.17, 15) is 14.0 Å². The summed E-state index contributed by atoms with van der Waals surface area (Å²) in [6, 6.07) is 14.1. The van der Waals surface area contributed by atoms with Crippen LogP contribution in [0, 0.1) is 12.7 Å². The first-order valence-corrected chi connectivity index (χ1v) is 9.21. The molecule has 138 valence electrons. The first-order valence-electron chi connectivity index (χ1n) is 9.21. The number of nitrogens with one attached hydrogen (secondary N) is 1. The number of nitrogens with zero attached hydrogens (tertiary/aromatic N) is 1. The number of para-hydroxylation sites is 1. The molecule has 0 aliphatic carbocycles. The van der Waals surface area contributed by atoms with Gasteiger partial charge in [-0.15, -0.1) is 0 Å². The quantitative estimate of drug-likeness (QED) is 0.559. The van der Waals surface area contributed by atoms with Crippen LogP contribution in [0.2, 0.25) is 0 Å². The molecule has 1 aliphatic heterocycles. The minimum absolute atomic E-state index is 0.244. The number of likely N-dealkylation sites (tertiary alicyclic amines) is 1. The highest BCUT2D eigenvalue weighted by molar-refractivity contribution is 6.45. The van der Waals surface area contributed by atoms with E-state index in [-0.39, 0.29) is 5.82 Å². The van der Waals surface area contributed by atoms with E-state index in [0.717, 1.165) is 35.0 Å². The Morgan fingerprint density at radius 3 is 2.41 bits per heavy atom. The van der Waals surface area contributed by atoms with Crippen LogP contribution in [0.15, 0.2) is 48.5 Å². The number of carbonyl (C=O) groups is 2. The summed E-state index contributed by atoms with van der Waals surface area (Å²) in [5, 5.41) is 0.787. The van der Waals surface area contributed by atoms with Crippen LogP contribution in [-0.4, -0.2) is 34.7 Å². The van der Waals surface area contributed by atoms with Gasteiger partial charge in [-0.05, 0) is 49.4 Å². The number of halogens is 1. The van der Waals surface area contributed by atoms with Crippen LogP contribution in [0.25, 0.3) is 10.9 Å². The Morgan fingerprint density at radius 2 is 1.70 bits per heavy atom. The fourth-order valence-corrected chi connectivity index (χ4v) is 3.97.